The molecule has 8 nitrogen and oxygen atoms in total. The summed E-state index contributed by atoms with van der Waals surface area (Å²) >= 11 is 0. The molecule has 0 unspecified atom stereocenters. The summed E-state index contributed by atoms with van der Waals surface area (Å²) in [5.74, 6) is 0.294. The van der Waals surface area contributed by atoms with Crippen molar-refractivity contribution in [1.29, 1.82) is 5.26 Å². The third-order valence-corrected chi connectivity index (χ3v) is 8.80. The fourth-order valence-corrected chi connectivity index (χ4v) is 6.12. The van der Waals surface area contributed by atoms with Crippen LogP contribution in [0.25, 0.3) is 22.4 Å². The second-order valence-corrected chi connectivity index (χ2v) is 13.0. The molecule has 2 aromatic carbocycles. The van der Waals surface area contributed by atoms with Gasteiger partial charge in [0.05, 0.1) is 33.2 Å². The Balaban J connectivity index is 1.56. The summed E-state index contributed by atoms with van der Waals surface area (Å²) in [5.41, 5.74) is 2.67. The Morgan fingerprint density at radius 3 is 1.93 bits per heavy atom. The van der Waals surface area contributed by atoms with E-state index in [1.54, 1.807) is 24.3 Å². The van der Waals surface area contributed by atoms with Crippen molar-refractivity contribution in [2.45, 2.75) is 128 Å². The van der Waals surface area contributed by atoms with Gasteiger partial charge >= 0.3 is 0 Å². The number of aryl methyl sites for hydroxylation is 1. The van der Waals surface area contributed by atoms with Crippen LogP contribution in [0, 0.1) is 11.3 Å². The number of hydrogen-bond donors (Lipinski definition) is 2. The van der Waals surface area contributed by atoms with Gasteiger partial charge in [0.2, 0.25) is 5.91 Å². The van der Waals surface area contributed by atoms with E-state index in [0.717, 1.165) is 24.8 Å². The lowest BCUT2D eigenvalue weighted by molar-refractivity contribution is -0.114. The molecular weight excluding hydrogens is 560 g/mol. The summed E-state index contributed by atoms with van der Waals surface area (Å²) in [7, 11) is -4.38. The van der Waals surface area contributed by atoms with Crippen molar-refractivity contribution < 1.29 is 17.8 Å². The quantitative estimate of drug-likeness (QED) is 0.0974. The van der Waals surface area contributed by atoms with Crippen molar-refractivity contribution in [3.63, 3.8) is 0 Å². The molecule has 0 saturated carbocycles. The number of anilines is 1. The van der Waals surface area contributed by atoms with E-state index in [-0.39, 0.29) is 10.8 Å². The van der Waals surface area contributed by atoms with E-state index < -0.39 is 10.1 Å². The van der Waals surface area contributed by atoms with E-state index in [9.17, 15) is 23.0 Å². The van der Waals surface area contributed by atoms with Crippen LogP contribution in [0.2, 0.25) is 0 Å². The van der Waals surface area contributed by atoms with Crippen molar-refractivity contribution in [1.82, 2.24) is 9.55 Å². The summed E-state index contributed by atoms with van der Waals surface area (Å²) in [5, 5.41) is 12.2. The number of aromatic nitrogens is 2. The first kappa shape index (κ1) is 34.3. The molecule has 2 N–H and O–H groups in total. The number of carbonyl (C=O) groups is 1. The number of nitriles is 1. The smallest absolute Gasteiger partial charge is 0.294 e. The molecule has 0 aliphatic carbocycles. The number of hydrogen-bond acceptors (Lipinski definition) is 5. The third-order valence-electron chi connectivity index (χ3n) is 7.95. The van der Waals surface area contributed by atoms with Crippen molar-refractivity contribution in [3.05, 3.63) is 42.0 Å². The summed E-state index contributed by atoms with van der Waals surface area (Å²) in [6.45, 7) is 4.33. The molecule has 1 aromatic heterocycles. The maximum Gasteiger partial charge on any atom is 0.294 e. The zero-order chi connectivity index (χ0) is 31.1. The molecular formula is C34H48N4O4S. The normalized spacial score (nSPS) is 11.6. The number of benzene rings is 2. The summed E-state index contributed by atoms with van der Waals surface area (Å²) in [4.78, 5) is 16.4. The van der Waals surface area contributed by atoms with Gasteiger partial charge in [-0.15, -0.1) is 0 Å². The van der Waals surface area contributed by atoms with Crippen LogP contribution in [0.1, 0.15) is 122 Å². The zero-order valence-electron chi connectivity index (χ0n) is 25.9. The Bertz CT molecular complexity index is 1470. The second-order valence-electron chi connectivity index (χ2n) is 11.6. The molecule has 0 spiro atoms. The molecule has 0 bridgehead atoms. The van der Waals surface area contributed by atoms with Gasteiger partial charge in [0.25, 0.3) is 10.1 Å². The Kier molecular flexibility index (Phi) is 14.2. The fourth-order valence-electron chi connectivity index (χ4n) is 5.62. The van der Waals surface area contributed by atoms with Gasteiger partial charge in [-0.1, -0.05) is 103 Å². The number of nitrogens with one attached hydrogen (secondary N) is 1. The van der Waals surface area contributed by atoms with E-state index in [1.807, 2.05) is 4.57 Å². The molecule has 1 amide bonds. The maximum atomic E-state index is 11.9. The largest absolute Gasteiger partial charge is 0.326 e. The number of carbonyl (C=O) groups excluding carboxylic acids is 1. The summed E-state index contributed by atoms with van der Waals surface area (Å²) in [6, 6.07) is 11.5. The van der Waals surface area contributed by atoms with E-state index in [0.29, 0.717) is 34.7 Å². The molecule has 0 saturated heterocycles. The molecule has 0 aliphatic heterocycles. The highest BCUT2D eigenvalue weighted by Crippen LogP contribution is 2.33. The lowest BCUT2D eigenvalue weighted by Gasteiger charge is -2.13. The van der Waals surface area contributed by atoms with Gasteiger partial charge in [0, 0.05) is 19.0 Å². The van der Waals surface area contributed by atoms with Crippen LogP contribution in [0.3, 0.4) is 0 Å². The van der Waals surface area contributed by atoms with Crippen molar-refractivity contribution in [3.8, 4) is 17.5 Å². The molecule has 0 aliphatic rings. The molecule has 43 heavy (non-hydrogen) atoms. The van der Waals surface area contributed by atoms with Crippen LogP contribution in [-0.4, -0.2) is 28.4 Å². The summed E-state index contributed by atoms with van der Waals surface area (Å²) in [6.07, 6.45) is 20.6. The number of amides is 1. The van der Waals surface area contributed by atoms with Crippen LogP contribution in [0.4, 0.5) is 5.69 Å². The van der Waals surface area contributed by atoms with Crippen molar-refractivity contribution >= 4 is 32.7 Å². The minimum atomic E-state index is -4.38. The predicted molar refractivity (Wildman–Crippen MR) is 174 cm³/mol. The van der Waals surface area contributed by atoms with Crippen LogP contribution in [-0.2, 0) is 21.5 Å². The Hall–Kier alpha value is -3.22. The van der Waals surface area contributed by atoms with Gasteiger partial charge in [-0.05, 0) is 42.8 Å². The zero-order valence-corrected chi connectivity index (χ0v) is 26.7. The third kappa shape index (κ3) is 11.1. The molecule has 9 heteroatoms. The summed E-state index contributed by atoms with van der Waals surface area (Å²) < 4.78 is 35.1. The molecule has 0 radical (unpaired) electrons. The van der Waals surface area contributed by atoms with Gasteiger partial charge in [-0.2, -0.15) is 13.7 Å². The highest BCUT2D eigenvalue weighted by Gasteiger charge is 2.19. The van der Waals surface area contributed by atoms with Gasteiger partial charge < -0.3 is 9.88 Å². The number of rotatable bonds is 20. The molecule has 3 rings (SSSR count). The number of imidazole rings is 1. The minimum Gasteiger partial charge on any atom is -0.326 e. The predicted octanol–water partition coefficient (Wildman–Crippen LogP) is 9.04. The number of unbranched alkanes of at least 4 members (excludes halogenated alkanes) is 15. The van der Waals surface area contributed by atoms with Crippen LogP contribution in [0.15, 0.2) is 41.3 Å². The monoisotopic (exact) mass is 608 g/mol. The first-order valence-corrected chi connectivity index (χ1v) is 17.5. The lowest BCUT2D eigenvalue weighted by atomic mass is 10.0. The van der Waals surface area contributed by atoms with Gasteiger partial charge in [0.15, 0.2) is 0 Å². The second kappa shape index (κ2) is 17.8. The lowest BCUT2D eigenvalue weighted by Crippen LogP contribution is -2.09. The highest BCUT2D eigenvalue weighted by molar-refractivity contribution is 7.85. The molecule has 1 heterocycles. The fraction of sp³-hybridized carbons (Fsp3) is 0.559. The first-order valence-electron chi connectivity index (χ1n) is 16.0. The molecule has 3 aromatic rings. The standard InChI is InChI=1S/C34H48N4O4S/c1-3-4-5-6-7-8-9-10-11-12-13-14-15-16-17-18-23-38-33-22-20-29(43(40,41)42)25-32(33)37-34(38)30-21-19-28(26-35)24-31(30)36-27(2)39/h19-22,24-25H,3-18,23H2,1-2H3,(H,36,39)(H,40,41,42). The molecule has 0 fully saturated rings. The van der Waals surface area contributed by atoms with E-state index in [4.69, 9.17) is 4.98 Å². The average Bonchev–Trinajstić information content (AvgIpc) is 3.33. The van der Waals surface area contributed by atoms with Crippen molar-refractivity contribution in [2.24, 2.45) is 0 Å². The van der Waals surface area contributed by atoms with E-state index in [1.165, 1.54) is 103 Å². The van der Waals surface area contributed by atoms with Gasteiger partial charge in [-0.3, -0.25) is 9.35 Å². The van der Waals surface area contributed by atoms with Crippen LogP contribution >= 0.6 is 0 Å². The Labute approximate surface area is 257 Å². The molecule has 234 valence electrons. The van der Waals surface area contributed by atoms with E-state index in [2.05, 4.69) is 18.3 Å². The maximum absolute atomic E-state index is 11.9. The topological polar surface area (TPSA) is 125 Å². The number of nitrogens with zero attached hydrogens (tertiary/aromatic N) is 3. The molecule has 0 atom stereocenters. The van der Waals surface area contributed by atoms with Crippen LogP contribution in [0.5, 0.6) is 0 Å². The first-order chi connectivity index (χ1) is 20.7. The Morgan fingerprint density at radius 1 is 0.860 bits per heavy atom. The van der Waals surface area contributed by atoms with Crippen LogP contribution < -0.4 is 5.32 Å². The van der Waals surface area contributed by atoms with Crippen molar-refractivity contribution in [2.75, 3.05) is 5.32 Å². The van der Waals surface area contributed by atoms with Gasteiger partial charge in [0.1, 0.15) is 5.82 Å². The van der Waals surface area contributed by atoms with Gasteiger partial charge in [-0.25, -0.2) is 4.98 Å². The van der Waals surface area contributed by atoms with E-state index >= 15 is 0 Å². The average molecular weight is 609 g/mol. The number of fused-ring (bicyclic) bond motifs is 1. The highest BCUT2D eigenvalue weighted by atomic mass is 32.2. The minimum absolute atomic E-state index is 0.222. The SMILES string of the molecule is CCCCCCCCCCCCCCCCCCn1c(-c2ccc(C#N)cc2NC(C)=O)nc2cc(S(=O)(=O)O)ccc21. The Morgan fingerprint density at radius 2 is 1.42 bits per heavy atom.